The maximum atomic E-state index is 12.1. The molecule has 2 rings (SSSR count). The summed E-state index contributed by atoms with van der Waals surface area (Å²) in [6, 6.07) is 3.44. The lowest BCUT2D eigenvalue weighted by molar-refractivity contribution is 0.00775. The zero-order chi connectivity index (χ0) is 15.5. The molecule has 116 valence electrons. The molecule has 0 N–H and O–H groups in total. The van der Waals surface area contributed by atoms with E-state index in [-0.39, 0.29) is 12.2 Å². The molecule has 0 radical (unpaired) electrons. The molecule has 21 heavy (non-hydrogen) atoms. The second-order valence-corrected chi connectivity index (χ2v) is 6.51. The molecule has 1 atom stereocenters. The number of aromatic nitrogens is 1. The third-order valence-corrected chi connectivity index (χ3v) is 3.24. The molecule has 1 aliphatic rings. The lowest BCUT2D eigenvalue weighted by Crippen LogP contribution is -2.46. The van der Waals surface area contributed by atoms with Gasteiger partial charge < -0.3 is 14.4 Å². The van der Waals surface area contributed by atoms with E-state index in [1.807, 2.05) is 20.8 Å². The predicted octanol–water partition coefficient (Wildman–Crippen LogP) is 3.51. The molecule has 5 nitrogen and oxygen atoms in total. The summed E-state index contributed by atoms with van der Waals surface area (Å²) in [5, 5.41) is 0.396. The molecule has 1 amide bonds. The highest BCUT2D eigenvalue weighted by atomic mass is 35.5. The summed E-state index contributed by atoms with van der Waals surface area (Å²) < 4.78 is 11.3. The van der Waals surface area contributed by atoms with Crippen LogP contribution in [0.4, 0.5) is 4.79 Å². The van der Waals surface area contributed by atoms with Crippen molar-refractivity contribution in [3.05, 3.63) is 23.5 Å². The smallest absolute Gasteiger partial charge is 0.410 e. The van der Waals surface area contributed by atoms with Gasteiger partial charge in [-0.2, -0.15) is 0 Å². The second-order valence-electron chi connectivity index (χ2n) is 6.12. The van der Waals surface area contributed by atoms with Gasteiger partial charge in [0, 0.05) is 18.8 Å². The zero-order valence-corrected chi connectivity index (χ0v) is 13.4. The van der Waals surface area contributed by atoms with Gasteiger partial charge in [-0.15, -0.1) is 0 Å². The first-order valence-corrected chi connectivity index (χ1v) is 7.47. The highest BCUT2D eigenvalue weighted by Crippen LogP contribution is 2.21. The summed E-state index contributed by atoms with van der Waals surface area (Å²) in [6.45, 7) is 6.81. The molecular weight excluding hydrogens is 292 g/mol. The number of pyridine rings is 1. The zero-order valence-electron chi connectivity index (χ0n) is 12.6. The van der Waals surface area contributed by atoms with Crippen LogP contribution in [0.2, 0.25) is 5.15 Å². The monoisotopic (exact) mass is 312 g/mol. The Bertz CT molecular complexity index is 502. The van der Waals surface area contributed by atoms with Crippen LogP contribution in [0.1, 0.15) is 33.6 Å². The van der Waals surface area contributed by atoms with Crippen molar-refractivity contribution in [3.63, 3.8) is 0 Å². The van der Waals surface area contributed by atoms with Crippen molar-refractivity contribution in [1.82, 2.24) is 9.88 Å². The maximum absolute atomic E-state index is 12.1. The quantitative estimate of drug-likeness (QED) is 0.784. The minimum Gasteiger partial charge on any atom is -0.488 e. The van der Waals surface area contributed by atoms with Crippen molar-refractivity contribution in [3.8, 4) is 5.75 Å². The van der Waals surface area contributed by atoms with Gasteiger partial charge in [0.25, 0.3) is 0 Å². The van der Waals surface area contributed by atoms with Crippen LogP contribution in [0.15, 0.2) is 18.3 Å². The van der Waals surface area contributed by atoms with E-state index < -0.39 is 5.60 Å². The fourth-order valence-corrected chi connectivity index (χ4v) is 2.34. The molecule has 6 heteroatoms. The molecule has 1 saturated heterocycles. The summed E-state index contributed by atoms with van der Waals surface area (Å²) >= 11 is 5.84. The van der Waals surface area contributed by atoms with E-state index in [0.29, 0.717) is 24.0 Å². The third kappa shape index (κ3) is 5.08. The molecule has 1 aromatic heterocycles. The fourth-order valence-electron chi connectivity index (χ4n) is 2.18. The van der Waals surface area contributed by atoms with Gasteiger partial charge in [0.1, 0.15) is 22.6 Å². The summed E-state index contributed by atoms with van der Waals surface area (Å²) in [6.07, 6.45) is 3.06. The lowest BCUT2D eigenvalue weighted by atomic mass is 10.1. The lowest BCUT2D eigenvalue weighted by Gasteiger charge is -2.34. The van der Waals surface area contributed by atoms with Crippen LogP contribution in [0.5, 0.6) is 5.75 Å². The second kappa shape index (κ2) is 6.52. The first-order valence-electron chi connectivity index (χ1n) is 7.09. The number of carbonyl (C=O) groups is 1. The van der Waals surface area contributed by atoms with E-state index in [9.17, 15) is 4.79 Å². The maximum Gasteiger partial charge on any atom is 0.410 e. The average Bonchev–Trinajstić information content (AvgIpc) is 2.37. The van der Waals surface area contributed by atoms with Crippen molar-refractivity contribution >= 4 is 17.7 Å². The number of likely N-dealkylation sites (tertiary alicyclic amines) is 1. The van der Waals surface area contributed by atoms with Crippen LogP contribution in [0.3, 0.4) is 0 Å². The highest BCUT2D eigenvalue weighted by molar-refractivity contribution is 6.29. The molecule has 0 spiro atoms. The van der Waals surface area contributed by atoms with Crippen LogP contribution in [-0.2, 0) is 4.74 Å². The molecule has 0 unspecified atom stereocenters. The number of hydrogen-bond acceptors (Lipinski definition) is 4. The molecule has 0 bridgehead atoms. The van der Waals surface area contributed by atoms with Crippen LogP contribution < -0.4 is 4.74 Å². The van der Waals surface area contributed by atoms with Gasteiger partial charge in [0.15, 0.2) is 0 Å². The number of carbonyl (C=O) groups excluding carboxylic acids is 1. The molecule has 1 aromatic rings. The minimum atomic E-state index is -0.483. The Morgan fingerprint density at radius 3 is 2.90 bits per heavy atom. The van der Waals surface area contributed by atoms with Gasteiger partial charge in [0.2, 0.25) is 0 Å². The Morgan fingerprint density at radius 2 is 2.24 bits per heavy atom. The number of hydrogen-bond donors (Lipinski definition) is 0. The number of rotatable bonds is 2. The minimum absolute atomic E-state index is 0.0512. The van der Waals surface area contributed by atoms with Crippen LogP contribution in [0.25, 0.3) is 0 Å². The Labute approximate surface area is 130 Å². The Balaban J connectivity index is 1.93. The van der Waals surface area contributed by atoms with E-state index in [2.05, 4.69) is 4.98 Å². The molecule has 0 aliphatic carbocycles. The van der Waals surface area contributed by atoms with Gasteiger partial charge in [0.05, 0.1) is 6.54 Å². The molecule has 0 saturated carbocycles. The van der Waals surface area contributed by atoms with E-state index >= 15 is 0 Å². The first kappa shape index (κ1) is 15.9. The van der Waals surface area contributed by atoms with Gasteiger partial charge in [-0.05, 0) is 39.7 Å². The highest BCUT2D eigenvalue weighted by Gasteiger charge is 2.28. The van der Waals surface area contributed by atoms with Crippen molar-refractivity contribution < 1.29 is 14.3 Å². The number of piperidine rings is 1. The third-order valence-electron chi connectivity index (χ3n) is 3.03. The van der Waals surface area contributed by atoms with Gasteiger partial charge in [-0.1, -0.05) is 11.6 Å². The summed E-state index contributed by atoms with van der Waals surface area (Å²) in [7, 11) is 0. The standard InChI is InChI=1S/C15H21ClN2O3/c1-15(2,3)21-14(19)18-8-4-5-12(10-18)20-11-6-7-17-13(16)9-11/h6-7,9,12H,4-5,8,10H2,1-3H3/t12-/m0/s1. The Hall–Kier alpha value is -1.49. The van der Waals surface area contributed by atoms with Crippen molar-refractivity contribution in [2.75, 3.05) is 13.1 Å². The number of ether oxygens (including phenoxy) is 2. The molecule has 2 heterocycles. The molecule has 1 fully saturated rings. The Morgan fingerprint density at radius 1 is 1.48 bits per heavy atom. The summed E-state index contributed by atoms with van der Waals surface area (Å²) in [4.78, 5) is 17.7. The summed E-state index contributed by atoms with van der Waals surface area (Å²) in [5.41, 5.74) is -0.483. The topological polar surface area (TPSA) is 51.7 Å². The van der Waals surface area contributed by atoms with Crippen LogP contribution in [0, 0.1) is 0 Å². The van der Waals surface area contributed by atoms with E-state index in [1.165, 1.54) is 0 Å². The van der Waals surface area contributed by atoms with Gasteiger partial charge in [-0.3, -0.25) is 0 Å². The van der Waals surface area contributed by atoms with Gasteiger partial charge >= 0.3 is 6.09 Å². The summed E-state index contributed by atoms with van der Waals surface area (Å²) in [5.74, 6) is 0.672. The number of halogens is 1. The van der Waals surface area contributed by atoms with Gasteiger partial charge in [-0.25, -0.2) is 9.78 Å². The fraction of sp³-hybridized carbons (Fsp3) is 0.600. The largest absolute Gasteiger partial charge is 0.488 e. The SMILES string of the molecule is CC(C)(C)OC(=O)N1CCC[C@H](Oc2ccnc(Cl)c2)C1. The first-order chi connectivity index (χ1) is 9.83. The molecule has 1 aliphatic heterocycles. The number of amides is 1. The average molecular weight is 313 g/mol. The van der Waals surface area contributed by atoms with E-state index in [1.54, 1.807) is 23.2 Å². The van der Waals surface area contributed by atoms with Crippen molar-refractivity contribution in [2.45, 2.75) is 45.3 Å². The van der Waals surface area contributed by atoms with Crippen molar-refractivity contribution in [2.24, 2.45) is 0 Å². The molecular formula is C15H21ClN2O3. The van der Waals surface area contributed by atoms with E-state index in [0.717, 1.165) is 12.8 Å². The normalized spacial score (nSPS) is 19.2. The van der Waals surface area contributed by atoms with E-state index in [4.69, 9.17) is 21.1 Å². The molecule has 0 aromatic carbocycles. The predicted molar refractivity (Wildman–Crippen MR) is 80.7 cm³/mol. The van der Waals surface area contributed by atoms with Crippen molar-refractivity contribution in [1.29, 1.82) is 0 Å². The Kier molecular flexibility index (Phi) is 4.93. The number of nitrogens with zero attached hydrogens (tertiary/aromatic N) is 2. The van der Waals surface area contributed by atoms with Crippen LogP contribution >= 0.6 is 11.6 Å². The van der Waals surface area contributed by atoms with Crippen LogP contribution in [-0.4, -0.2) is 40.8 Å².